The van der Waals surface area contributed by atoms with E-state index in [9.17, 15) is 14.4 Å². The van der Waals surface area contributed by atoms with Crippen molar-refractivity contribution >= 4 is 39.1 Å². The van der Waals surface area contributed by atoms with Crippen molar-refractivity contribution in [3.63, 3.8) is 0 Å². The third-order valence-electron chi connectivity index (χ3n) is 2.61. The third kappa shape index (κ3) is 2.29. The molecule has 0 radical (unpaired) electrons. The zero-order valence-corrected chi connectivity index (χ0v) is 10.8. The van der Waals surface area contributed by atoms with E-state index < -0.39 is 0 Å². The number of halogens is 1. The van der Waals surface area contributed by atoms with Crippen molar-refractivity contribution in [1.29, 1.82) is 0 Å². The zero-order chi connectivity index (χ0) is 12.6. The first-order chi connectivity index (χ1) is 7.99. The first-order valence-electron chi connectivity index (χ1n) is 5.11. The van der Waals surface area contributed by atoms with Gasteiger partial charge < -0.3 is 4.90 Å². The Labute approximate surface area is 107 Å². The second-order valence-electron chi connectivity index (χ2n) is 3.91. The summed E-state index contributed by atoms with van der Waals surface area (Å²) in [6.45, 7) is 1.49. The minimum atomic E-state index is -0.250. The van der Waals surface area contributed by atoms with Crippen LogP contribution in [0, 0.1) is 0 Å². The molecule has 2 rings (SSSR count). The summed E-state index contributed by atoms with van der Waals surface area (Å²) >= 11 is 3.28. The number of carbonyl (C=O) groups is 3. The van der Waals surface area contributed by atoms with E-state index in [1.54, 1.807) is 18.2 Å². The molecule has 1 fully saturated rings. The number of carbonyl (C=O) groups excluding carboxylic acids is 3. The van der Waals surface area contributed by atoms with Gasteiger partial charge in [-0.1, -0.05) is 15.9 Å². The van der Waals surface area contributed by atoms with Crippen LogP contribution < -0.4 is 4.90 Å². The minimum absolute atomic E-state index is 0.0563. The van der Waals surface area contributed by atoms with Gasteiger partial charge in [0.15, 0.2) is 11.6 Å². The first-order valence-corrected chi connectivity index (χ1v) is 5.91. The Hall–Kier alpha value is -1.49. The van der Waals surface area contributed by atoms with Crippen LogP contribution in [0.2, 0.25) is 0 Å². The molecule has 0 atom stereocenters. The highest BCUT2D eigenvalue weighted by molar-refractivity contribution is 9.10. The number of benzene rings is 1. The lowest BCUT2D eigenvalue weighted by Crippen LogP contribution is -2.26. The van der Waals surface area contributed by atoms with Gasteiger partial charge in [-0.05, 0) is 25.1 Å². The number of Topliss-reactive ketones (excluding diaryl/α,β-unsaturated/α-hetero) is 2. The highest BCUT2D eigenvalue weighted by atomic mass is 79.9. The molecule has 5 heteroatoms. The Balaban J connectivity index is 2.48. The molecule has 0 spiro atoms. The molecule has 0 N–H and O–H groups in total. The van der Waals surface area contributed by atoms with Crippen LogP contribution >= 0.6 is 15.9 Å². The van der Waals surface area contributed by atoms with E-state index in [1.807, 2.05) is 0 Å². The lowest BCUT2D eigenvalue weighted by Gasteiger charge is -2.17. The van der Waals surface area contributed by atoms with E-state index in [1.165, 1.54) is 11.8 Å². The smallest absolute Gasteiger partial charge is 0.234 e. The average Bonchev–Trinajstić information content (AvgIpc) is 2.57. The Bertz CT molecular complexity index is 524. The van der Waals surface area contributed by atoms with E-state index in [4.69, 9.17) is 0 Å². The number of hydrogen-bond donors (Lipinski definition) is 0. The summed E-state index contributed by atoms with van der Waals surface area (Å²) in [4.78, 5) is 35.7. The summed E-state index contributed by atoms with van der Waals surface area (Å²) in [7, 11) is 0. The topological polar surface area (TPSA) is 54.5 Å². The quantitative estimate of drug-likeness (QED) is 0.619. The largest absolute Gasteiger partial charge is 0.304 e. The Morgan fingerprint density at radius 1 is 1.35 bits per heavy atom. The molecular weight excluding hydrogens is 286 g/mol. The van der Waals surface area contributed by atoms with Gasteiger partial charge in [0.05, 0.1) is 18.7 Å². The second-order valence-corrected chi connectivity index (χ2v) is 4.83. The molecule has 1 heterocycles. The maximum Gasteiger partial charge on any atom is 0.234 e. The van der Waals surface area contributed by atoms with Gasteiger partial charge >= 0.3 is 0 Å². The summed E-state index contributed by atoms with van der Waals surface area (Å²) in [5.74, 6) is -0.499. The number of hydrogen-bond acceptors (Lipinski definition) is 3. The minimum Gasteiger partial charge on any atom is -0.304 e. The molecule has 88 valence electrons. The molecule has 0 aliphatic carbocycles. The molecule has 1 saturated heterocycles. The molecule has 17 heavy (non-hydrogen) atoms. The van der Waals surface area contributed by atoms with Crippen LogP contribution in [0.1, 0.15) is 23.7 Å². The van der Waals surface area contributed by atoms with Crippen LogP contribution in [-0.2, 0) is 9.59 Å². The normalized spacial score (nSPS) is 15.5. The van der Waals surface area contributed by atoms with Crippen LogP contribution in [0.5, 0.6) is 0 Å². The van der Waals surface area contributed by atoms with E-state index >= 15 is 0 Å². The fourth-order valence-electron chi connectivity index (χ4n) is 1.83. The van der Waals surface area contributed by atoms with Crippen molar-refractivity contribution in [1.82, 2.24) is 0 Å². The predicted molar refractivity (Wildman–Crippen MR) is 66.1 cm³/mol. The molecule has 1 aromatic rings. The maximum absolute atomic E-state index is 11.6. The van der Waals surface area contributed by atoms with Crippen LogP contribution in [0.4, 0.5) is 5.69 Å². The Morgan fingerprint density at radius 3 is 2.59 bits per heavy atom. The van der Waals surface area contributed by atoms with Gasteiger partial charge in [-0.15, -0.1) is 0 Å². The van der Waals surface area contributed by atoms with Crippen molar-refractivity contribution in [2.75, 3.05) is 11.4 Å². The van der Waals surface area contributed by atoms with E-state index in [0.29, 0.717) is 11.3 Å². The highest BCUT2D eigenvalue weighted by Crippen LogP contribution is 2.27. The van der Waals surface area contributed by atoms with Crippen molar-refractivity contribution in [3.8, 4) is 0 Å². The number of anilines is 1. The van der Waals surface area contributed by atoms with E-state index in [2.05, 4.69) is 15.9 Å². The number of amides is 1. The monoisotopic (exact) mass is 295 g/mol. The van der Waals surface area contributed by atoms with Gasteiger partial charge in [0.2, 0.25) is 5.91 Å². The maximum atomic E-state index is 11.6. The molecule has 1 aliphatic rings. The second kappa shape index (κ2) is 4.41. The van der Waals surface area contributed by atoms with Gasteiger partial charge in [-0.3, -0.25) is 14.4 Å². The molecule has 0 bridgehead atoms. The van der Waals surface area contributed by atoms with Gasteiger partial charge in [0.1, 0.15) is 0 Å². The summed E-state index contributed by atoms with van der Waals surface area (Å²) in [6.07, 6.45) is -0.0760. The van der Waals surface area contributed by atoms with Crippen LogP contribution in [0.25, 0.3) is 0 Å². The van der Waals surface area contributed by atoms with Crippen molar-refractivity contribution in [2.45, 2.75) is 13.3 Å². The van der Waals surface area contributed by atoms with Gasteiger partial charge in [0.25, 0.3) is 0 Å². The summed E-state index contributed by atoms with van der Waals surface area (Å²) < 4.78 is 0.768. The summed E-state index contributed by atoms with van der Waals surface area (Å²) in [6, 6.07) is 5.09. The predicted octanol–water partition coefficient (Wildman–Crippen LogP) is 1.96. The van der Waals surface area contributed by atoms with Crippen molar-refractivity contribution in [3.05, 3.63) is 28.2 Å². The Morgan fingerprint density at radius 2 is 2.06 bits per heavy atom. The molecular formula is C12H10BrNO3. The highest BCUT2D eigenvalue weighted by Gasteiger charge is 2.30. The average molecular weight is 296 g/mol. The standard InChI is InChI=1S/C12H10BrNO3/c1-7(15)10-4-8(13)2-3-11(10)14-6-9(16)5-12(14)17/h2-4H,5-6H2,1H3. The Kier molecular flexibility index (Phi) is 3.11. The SMILES string of the molecule is CC(=O)c1cc(Br)ccc1N1CC(=O)CC1=O. The lowest BCUT2D eigenvalue weighted by molar-refractivity contribution is -0.121. The molecule has 1 aliphatic heterocycles. The van der Waals surface area contributed by atoms with Gasteiger partial charge in [0, 0.05) is 10.0 Å². The fourth-order valence-corrected chi connectivity index (χ4v) is 2.19. The van der Waals surface area contributed by atoms with Crippen LogP contribution in [-0.4, -0.2) is 24.0 Å². The molecule has 1 aromatic carbocycles. The van der Waals surface area contributed by atoms with Crippen LogP contribution in [0.15, 0.2) is 22.7 Å². The summed E-state index contributed by atoms with van der Waals surface area (Å²) in [5.41, 5.74) is 0.957. The molecule has 0 unspecified atom stereocenters. The molecule has 0 aromatic heterocycles. The first kappa shape index (κ1) is 12.0. The number of rotatable bonds is 2. The van der Waals surface area contributed by atoms with Crippen LogP contribution in [0.3, 0.4) is 0 Å². The van der Waals surface area contributed by atoms with Gasteiger partial charge in [-0.25, -0.2) is 0 Å². The van der Waals surface area contributed by atoms with E-state index in [-0.39, 0.29) is 30.4 Å². The molecule has 4 nitrogen and oxygen atoms in total. The molecule has 0 saturated carbocycles. The lowest BCUT2D eigenvalue weighted by atomic mass is 10.1. The number of ketones is 2. The number of nitrogens with zero attached hydrogens (tertiary/aromatic N) is 1. The molecule has 1 amide bonds. The van der Waals surface area contributed by atoms with Crippen molar-refractivity contribution < 1.29 is 14.4 Å². The fraction of sp³-hybridized carbons (Fsp3) is 0.250. The van der Waals surface area contributed by atoms with E-state index in [0.717, 1.165) is 4.47 Å². The summed E-state index contributed by atoms with van der Waals surface area (Å²) in [5, 5.41) is 0. The zero-order valence-electron chi connectivity index (χ0n) is 9.20. The third-order valence-corrected chi connectivity index (χ3v) is 3.11. The van der Waals surface area contributed by atoms with Gasteiger partial charge in [-0.2, -0.15) is 0 Å². The van der Waals surface area contributed by atoms with Crippen molar-refractivity contribution in [2.24, 2.45) is 0 Å².